The lowest BCUT2D eigenvalue weighted by Crippen LogP contribution is -3.13. The van der Waals surface area contributed by atoms with Crippen LogP contribution in [0.2, 0.25) is 0 Å². The predicted molar refractivity (Wildman–Crippen MR) is 110 cm³/mol. The van der Waals surface area contributed by atoms with Gasteiger partial charge in [-0.15, -0.1) is 5.10 Å². The van der Waals surface area contributed by atoms with Crippen molar-refractivity contribution in [2.24, 2.45) is 5.92 Å². The Morgan fingerprint density at radius 2 is 2.17 bits per heavy atom. The van der Waals surface area contributed by atoms with E-state index in [-0.39, 0.29) is 23.8 Å². The van der Waals surface area contributed by atoms with E-state index in [2.05, 4.69) is 41.3 Å². The monoisotopic (exact) mass is 415 g/mol. The number of fused-ring (bicyclic) bond motifs is 1. The Labute approximate surface area is 173 Å². The smallest absolute Gasteiger partial charge is 0.309 e. The van der Waals surface area contributed by atoms with Crippen molar-refractivity contribution in [1.29, 1.82) is 0 Å². The Hall–Kier alpha value is -2.45. The molecule has 2 N–H and O–H groups in total. The summed E-state index contributed by atoms with van der Waals surface area (Å²) in [5.74, 6) is 0.748. The molecular weight excluding hydrogens is 388 g/mol. The third-order valence-electron chi connectivity index (χ3n) is 5.77. The van der Waals surface area contributed by atoms with Gasteiger partial charge in [-0.3, -0.25) is 4.79 Å². The highest BCUT2D eigenvalue weighted by atomic mass is 32.1. The Kier molecular flexibility index (Phi) is 5.56. The first-order valence-corrected chi connectivity index (χ1v) is 10.9. The minimum atomic E-state index is -0.120. The second kappa shape index (κ2) is 8.12. The van der Waals surface area contributed by atoms with Crippen LogP contribution in [0.4, 0.5) is 0 Å². The van der Waals surface area contributed by atoms with Crippen molar-refractivity contribution in [3.8, 4) is 5.88 Å². The fourth-order valence-electron chi connectivity index (χ4n) is 4.23. The van der Waals surface area contributed by atoms with Crippen LogP contribution in [0.5, 0.6) is 5.88 Å². The minimum absolute atomic E-state index is 0.0212. The molecule has 1 fully saturated rings. The lowest BCUT2D eigenvalue weighted by atomic mass is 9.93. The topological polar surface area (TPSA) is 81.2 Å². The van der Waals surface area contributed by atoms with Crippen molar-refractivity contribution >= 4 is 22.3 Å². The number of likely N-dealkylation sites (tertiary alicyclic amines) is 1. The molecule has 0 unspecified atom stereocenters. The lowest BCUT2D eigenvalue weighted by molar-refractivity contribution is -0.930. The molecule has 1 saturated heterocycles. The number of hydrogen-bond donors (Lipinski definition) is 2. The second-order valence-electron chi connectivity index (χ2n) is 7.67. The molecule has 29 heavy (non-hydrogen) atoms. The van der Waals surface area contributed by atoms with Gasteiger partial charge >= 0.3 is 5.97 Å². The van der Waals surface area contributed by atoms with E-state index in [1.165, 1.54) is 28.9 Å². The van der Waals surface area contributed by atoms with Crippen molar-refractivity contribution in [3.05, 3.63) is 46.1 Å². The average molecular weight is 416 g/mol. The molecule has 1 aromatic carbocycles. The van der Waals surface area contributed by atoms with E-state index in [0.29, 0.717) is 0 Å². The molecule has 2 aromatic heterocycles. The number of ether oxygens (including phenoxy) is 1. The fourth-order valence-corrected chi connectivity index (χ4v) is 5.39. The number of aromatic hydroxyl groups is 1. The molecular formula is C21H27N4O3S+. The van der Waals surface area contributed by atoms with Gasteiger partial charge in [0.25, 0.3) is 0 Å². The molecule has 0 saturated carbocycles. The summed E-state index contributed by atoms with van der Waals surface area (Å²) in [6.07, 6.45) is 2.30. The first-order valence-electron chi connectivity index (χ1n) is 10.1. The largest absolute Gasteiger partial charge is 0.492 e. The van der Waals surface area contributed by atoms with Gasteiger partial charge in [0.05, 0.1) is 26.1 Å². The Bertz CT molecular complexity index is 1020. The summed E-state index contributed by atoms with van der Waals surface area (Å²) in [4.78, 5) is 19.4. The molecule has 0 bridgehead atoms. The Morgan fingerprint density at radius 3 is 2.79 bits per heavy atom. The summed E-state index contributed by atoms with van der Waals surface area (Å²) >= 11 is 1.50. The highest BCUT2D eigenvalue weighted by Gasteiger charge is 2.37. The van der Waals surface area contributed by atoms with Gasteiger partial charge in [0.15, 0.2) is 11.9 Å². The molecule has 0 radical (unpaired) electrons. The van der Waals surface area contributed by atoms with Crippen LogP contribution >= 0.6 is 11.3 Å². The first kappa shape index (κ1) is 19.8. The number of nitrogens with one attached hydrogen (secondary N) is 1. The molecule has 3 heterocycles. The van der Waals surface area contributed by atoms with Crippen LogP contribution in [0.1, 0.15) is 47.6 Å². The number of thiazole rings is 1. The summed E-state index contributed by atoms with van der Waals surface area (Å²) < 4.78 is 6.49. The average Bonchev–Trinajstić information content (AvgIpc) is 3.27. The third-order valence-corrected chi connectivity index (χ3v) is 6.85. The number of aromatic nitrogens is 3. The van der Waals surface area contributed by atoms with Crippen LogP contribution in [0.3, 0.4) is 0 Å². The van der Waals surface area contributed by atoms with Crippen molar-refractivity contribution < 1.29 is 19.5 Å². The van der Waals surface area contributed by atoms with Gasteiger partial charge in [0, 0.05) is 24.8 Å². The van der Waals surface area contributed by atoms with Gasteiger partial charge < -0.3 is 14.7 Å². The molecule has 3 aromatic rings. The van der Waals surface area contributed by atoms with E-state index < -0.39 is 0 Å². The molecule has 4 rings (SSSR count). The number of nitrogens with zero attached hydrogens (tertiary/aromatic N) is 3. The van der Waals surface area contributed by atoms with Crippen molar-refractivity contribution in [3.63, 3.8) is 0 Å². The SMILES string of the molecule is CCc1nc2sc([C@H](c3cccc(C)c3)[NH+]3CCC(C(=O)OC)CC3)c(O)n2n1. The van der Waals surface area contributed by atoms with Gasteiger partial charge in [-0.05, 0) is 13.0 Å². The maximum atomic E-state index is 11.9. The molecule has 0 amide bonds. The van der Waals surface area contributed by atoms with Crippen LogP contribution in [0, 0.1) is 12.8 Å². The van der Waals surface area contributed by atoms with E-state index in [1.54, 1.807) is 4.52 Å². The van der Waals surface area contributed by atoms with E-state index in [4.69, 9.17) is 4.74 Å². The lowest BCUT2D eigenvalue weighted by Gasteiger charge is -2.33. The molecule has 7 nitrogen and oxygen atoms in total. The summed E-state index contributed by atoms with van der Waals surface area (Å²) in [6, 6.07) is 8.41. The normalized spacial score (nSPS) is 20.7. The molecule has 1 aliphatic heterocycles. The quantitative estimate of drug-likeness (QED) is 0.623. The highest BCUT2D eigenvalue weighted by Crippen LogP contribution is 2.35. The number of carbonyl (C=O) groups excluding carboxylic acids is 1. The van der Waals surface area contributed by atoms with Crippen molar-refractivity contribution in [1.82, 2.24) is 14.6 Å². The van der Waals surface area contributed by atoms with Gasteiger partial charge in [-0.1, -0.05) is 42.0 Å². The van der Waals surface area contributed by atoms with E-state index in [9.17, 15) is 9.90 Å². The van der Waals surface area contributed by atoms with Crippen LogP contribution in [0.25, 0.3) is 4.96 Å². The number of quaternary nitrogens is 1. The number of carbonyl (C=O) groups is 1. The number of hydrogen-bond acceptors (Lipinski definition) is 6. The molecule has 0 aliphatic carbocycles. The number of methoxy groups -OCH3 is 1. The van der Waals surface area contributed by atoms with Gasteiger partial charge in [0.1, 0.15) is 4.88 Å². The standard InChI is InChI=1S/C21H26N4O3S/c1-4-16-22-21-25(23-16)19(26)18(29-21)17(15-7-5-6-13(2)12-15)24-10-8-14(9-11-24)20(27)28-3/h5-7,12,14,17,26H,4,8-11H2,1-3H3/p+1/t17-/m0/s1. The van der Waals surface area contributed by atoms with Crippen molar-refractivity contribution in [2.75, 3.05) is 20.2 Å². The number of aryl methyl sites for hydroxylation is 2. The van der Waals surface area contributed by atoms with Crippen LogP contribution in [0.15, 0.2) is 24.3 Å². The van der Waals surface area contributed by atoms with Gasteiger partial charge in [-0.2, -0.15) is 4.52 Å². The van der Waals surface area contributed by atoms with Gasteiger partial charge in [0.2, 0.25) is 10.8 Å². The zero-order valence-corrected chi connectivity index (χ0v) is 17.8. The highest BCUT2D eigenvalue weighted by molar-refractivity contribution is 7.17. The number of rotatable bonds is 5. The van der Waals surface area contributed by atoms with Crippen molar-refractivity contribution in [2.45, 2.75) is 39.2 Å². The summed E-state index contributed by atoms with van der Waals surface area (Å²) in [6.45, 7) is 5.76. The zero-order chi connectivity index (χ0) is 20.5. The maximum Gasteiger partial charge on any atom is 0.309 e. The first-order chi connectivity index (χ1) is 14.0. The minimum Gasteiger partial charge on any atom is -0.492 e. The molecule has 1 aliphatic rings. The van der Waals surface area contributed by atoms with Crippen LogP contribution in [-0.4, -0.2) is 45.9 Å². The van der Waals surface area contributed by atoms with E-state index in [0.717, 1.165) is 53.6 Å². The summed E-state index contributed by atoms with van der Waals surface area (Å²) in [5, 5.41) is 15.4. The van der Waals surface area contributed by atoms with E-state index in [1.807, 2.05) is 6.92 Å². The Morgan fingerprint density at radius 1 is 1.41 bits per heavy atom. The number of esters is 1. The van der Waals surface area contributed by atoms with E-state index >= 15 is 0 Å². The third kappa shape index (κ3) is 3.74. The van der Waals surface area contributed by atoms with Crippen LogP contribution < -0.4 is 4.90 Å². The fraction of sp³-hybridized carbons (Fsp3) is 0.476. The molecule has 1 atom stereocenters. The van der Waals surface area contributed by atoms with Crippen LogP contribution in [-0.2, 0) is 16.0 Å². The number of piperidine rings is 1. The second-order valence-corrected chi connectivity index (χ2v) is 8.68. The summed E-state index contributed by atoms with van der Waals surface area (Å²) in [7, 11) is 1.45. The molecule has 8 heteroatoms. The molecule has 0 spiro atoms. The number of benzene rings is 1. The Balaban J connectivity index is 1.71. The summed E-state index contributed by atoms with van der Waals surface area (Å²) in [5.41, 5.74) is 2.34. The zero-order valence-electron chi connectivity index (χ0n) is 17.0. The maximum absolute atomic E-state index is 11.9. The molecule has 154 valence electrons. The van der Waals surface area contributed by atoms with Gasteiger partial charge in [-0.25, -0.2) is 4.98 Å². The predicted octanol–water partition coefficient (Wildman–Crippen LogP) is 1.92.